The average molecular weight is 355 g/mol. The van der Waals surface area contributed by atoms with Gasteiger partial charge in [-0.05, 0) is 12.5 Å². The molecule has 0 spiro atoms. The lowest BCUT2D eigenvalue weighted by Gasteiger charge is -2.20. The van der Waals surface area contributed by atoms with Crippen molar-refractivity contribution in [3.63, 3.8) is 0 Å². The van der Waals surface area contributed by atoms with Crippen LogP contribution in [0.4, 0.5) is 0 Å². The van der Waals surface area contributed by atoms with Gasteiger partial charge in [0.2, 0.25) is 11.8 Å². The number of hydrogen-bond donors (Lipinski definition) is 2. The van der Waals surface area contributed by atoms with E-state index in [0.29, 0.717) is 6.54 Å². The molecule has 0 radical (unpaired) electrons. The van der Waals surface area contributed by atoms with Gasteiger partial charge >= 0.3 is 0 Å². The van der Waals surface area contributed by atoms with Crippen LogP contribution in [0.1, 0.15) is 18.4 Å². The molecule has 3 N–H and O–H groups in total. The fourth-order valence-corrected chi connectivity index (χ4v) is 3.03. The van der Waals surface area contributed by atoms with Crippen LogP contribution in [-0.4, -0.2) is 67.4 Å². The van der Waals surface area contributed by atoms with Crippen molar-refractivity contribution in [3.8, 4) is 0 Å². The van der Waals surface area contributed by atoms with Gasteiger partial charge in [0.15, 0.2) is 0 Å². The summed E-state index contributed by atoms with van der Waals surface area (Å²) < 4.78 is 0. The van der Waals surface area contributed by atoms with E-state index >= 15 is 0 Å². The smallest absolute Gasteiger partial charge is 0.244 e. The summed E-state index contributed by atoms with van der Waals surface area (Å²) in [4.78, 5) is 27.4. The van der Waals surface area contributed by atoms with Crippen LogP contribution in [0, 0.1) is 0 Å². The third kappa shape index (κ3) is 5.19. The summed E-state index contributed by atoms with van der Waals surface area (Å²) in [5.74, 6) is -0.0166. The van der Waals surface area contributed by atoms with Crippen LogP contribution in [0.5, 0.6) is 0 Å². The van der Waals surface area contributed by atoms with Crippen molar-refractivity contribution in [1.82, 2.24) is 15.1 Å². The molecule has 1 heterocycles. The van der Waals surface area contributed by atoms with Gasteiger partial charge in [-0.3, -0.25) is 14.5 Å². The van der Waals surface area contributed by atoms with Crippen molar-refractivity contribution in [2.24, 2.45) is 5.73 Å². The van der Waals surface area contributed by atoms with Gasteiger partial charge in [-0.1, -0.05) is 30.3 Å². The number of carbonyl (C=O) groups is 2. The molecule has 0 bridgehead atoms. The van der Waals surface area contributed by atoms with Crippen molar-refractivity contribution >= 4 is 24.2 Å². The Hall–Kier alpha value is -1.63. The SMILES string of the molecule is CC(NC(=O)CN1C[C@@H](N)[C@H](c2ccccc2)C1)C(=O)N(C)C.Cl. The summed E-state index contributed by atoms with van der Waals surface area (Å²) in [6.45, 7) is 3.41. The molecule has 0 aromatic heterocycles. The second-order valence-electron chi connectivity index (χ2n) is 6.40. The van der Waals surface area contributed by atoms with Gasteiger partial charge in [-0.15, -0.1) is 12.4 Å². The van der Waals surface area contributed by atoms with Crippen LogP contribution in [-0.2, 0) is 9.59 Å². The first-order chi connectivity index (χ1) is 10.9. The molecule has 1 aromatic rings. The lowest BCUT2D eigenvalue weighted by Crippen LogP contribution is -2.47. The number of nitrogens with one attached hydrogen (secondary N) is 1. The van der Waals surface area contributed by atoms with E-state index in [1.807, 2.05) is 23.1 Å². The van der Waals surface area contributed by atoms with Gasteiger partial charge < -0.3 is 16.0 Å². The Kier molecular flexibility index (Phi) is 7.66. The zero-order valence-electron chi connectivity index (χ0n) is 14.4. The largest absolute Gasteiger partial charge is 0.347 e. The lowest BCUT2D eigenvalue weighted by atomic mass is 9.95. The van der Waals surface area contributed by atoms with Crippen LogP contribution in [0.2, 0.25) is 0 Å². The Bertz CT molecular complexity index is 553. The third-order valence-corrected chi connectivity index (χ3v) is 4.22. The zero-order chi connectivity index (χ0) is 17.0. The zero-order valence-corrected chi connectivity index (χ0v) is 15.3. The van der Waals surface area contributed by atoms with E-state index in [9.17, 15) is 9.59 Å². The quantitative estimate of drug-likeness (QED) is 0.803. The molecule has 3 atom stereocenters. The molecular formula is C17H27ClN4O2. The van der Waals surface area contributed by atoms with Crippen molar-refractivity contribution in [2.45, 2.75) is 24.9 Å². The summed E-state index contributed by atoms with van der Waals surface area (Å²) in [6.07, 6.45) is 0. The van der Waals surface area contributed by atoms with Crippen molar-refractivity contribution < 1.29 is 9.59 Å². The van der Waals surface area contributed by atoms with E-state index < -0.39 is 6.04 Å². The molecule has 0 aliphatic carbocycles. The first-order valence-corrected chi connectivity index (χ1v) is 7.92. The average Bonchev–Trinajstić information content (AvgIpc) is 2.87. The van der Waals surface area contributed by atoms with E-state index in [1.165, 1.54) is 10.5 Å². The summed E-state index contributed by atoms with van der Waals surface area (Å²) >= 11 is 0. The predicted molar refractivity (Wildman–Crippen MR) is 97.1 cm³/mol. The molecular weight excluding hydrogens is 328 g/mol. The van der Waals surface area contributed by atoms with E-state index in [-0.39, 0.29) is 42.7 Å². The maximum atomic E-state index is 12.1. The van der Waals surface area contributed by atoms with Gasteiger partial charge in [0.1, 0.15) is 6.04 Å². The second-order valence-corrected chi connectivity index (χ2v) is 6.40. The number of likely N-dealkylation sites (N-methyl/N-ethyl adjacent to an activating group) is 1. The topological polar surface area (TPSA) is 78.7 Å². The number of nitrogens with two attached hydrogens (primary N) is 1. The van der Waals surface area contributed by atoms with Crippen LogP contribution in [0.3, 0.4) is 0 Å². The lowest BCUT2D eigenvalue weighted by molar-refractivity contribution is -0.134. The molecule has 2 rings (SSSR count). The molecule has 134 valence electrons. The number of hydrogen-bond acceptors (Lipinski definition) is 4. The fourth-order valence-electron chi connectivity index (χ4n) is 3.03. The monoisotopic (exact) mass is 354 g/mol. The first-order valence-electron chi connectivity index (χ1n) is 7.92. The van der Waals surface area contributed by atoms with Gasteiger partial charge in [0, 0.05) is 39.1 Å². The number of likely N-dealkylation sites (tertiary alicyclic amines) is 1. The normalized spacial score (nSPS) is 21.7. The van der Waals surface area contributed by atoms with Crippen LogP contribution in [0.15, 0.2) is 30.3 Å². The number of halogens is 1. The molecule has 1 saturated heterocycles. The highest BCUT2D eigenvalue weighted by Crippen LogP contribution is 2.25. The van der Waals surface area contributed by atoms with Gasteiger partial charge in [0.25, 0.3) is 0 Å². The predicted octanol–water partition coefficient (Wildman–Crippen LogP) is 0.428. The molecule has 1 aliphatic heterocycles. The van der Waals surface area contributed by atoms with E-state index in [2.05, 4.69) is 17.4 Å². The van der Waals surface area contributed by atoms with Crippen LogP contribution < -0.4 is 11.1 Å². The summed E-state index contributed by atoms with van der Waals surface area (Å²) in [5.41, 5.74) is 7.44. The highest BCUT2D eigenvalue weighted by molar-refractivity contribution is 5.87. The number of carbonyl (C=O) groups excluding carboxylic acids is 2. The maximum absolute atomic E-state index is 12.1. The number of amides is 2. The molecule has 1 aliphatic rings. The molecule has 24 heavy (non-hydrogen) atoms. The standard InChI is InChI=1S/C17H26N4O2.ClH/c1-12(17(23)20(2)3)19-16(22)11-21-9-14(15(18)10-21)13-7-5-4-6-8-13;/h4-8,12,14-15H,9-11,18H2,1-3H3,(H,19,22);1H/t12?,14-,15+;/m0./s1. The number of benzene rings is 1. The Labute approximate surface area is 149 Å². The number of rotatable bonds is 5. The molecule has 1 unspecified atom stereocenters. The van der Waals surface area contributed by atoms with E-state index in [0.717, 1.165) is 6.54 Å². The highest BCUT2D eigenvalue weighted by atomic mass is 35.5. The molecule has 1 aromatic carbocycles. The maximum Gasteiger partial charge on any atom is 0.244 e. The van der Waals surface area contributed by atoms with Crippen molar-refractivity contribution in [3.05, 3.63) is 35.9 Å². The van der Waals surface area contributed by atoms with Gasteiger partial charge in [-0.25, -0.2) is 0 Å². The minimum Gasteiger partial charge on any atom is -0.347 e. The molecule has 7 heteroatoms. The molecule has 6 nitrogen and oxygen atoms in total. The second kappa shape index (κ2) is 9.01. The first kappa shape index (κ1) is 20.4. The minimum atomic E-state index is -0.515. The fraction of sp³-hybridized carbons (Fsp3) is 0.529. The summed E-state index contributed by atoms with van der Waals surface area (Å²) in [5, 5.41) is 2.74. The Morgan fingerprint density at radius 2 is 1.92 bits per heavy atom. The van der Waals surface area contributed by atoms with Gasteiger partial charge in [-0.2, -0.15) is 0 Å². The van der Waals surface area contributed by atoms with Crippen LogP contribution >= 0.6 is 12.4 Å². The van der Waals surface area contributed by atoms with Gasteiger partial charge in [0.05, 0.1) is 6.54 Å². The third-order valence-electron chi connectivity index (χ3n) is 4.22. The summed E-state index contributed by atoms with van der Waals surface area (Å²) in [6, 6.07) is 9.65. The van der Waals surface area contributed by atoms with Crippen molar-refractivity contribution in [2.75, 3.05) is 33.7 Å². The Balaban J connectivity index is 0.00000288. The molecule has 2 amide bonds. The van der Waals surface area contributed by atoms with Crippen LogP contribution in [0.25, 0.3) is 0 Å². The Morgan fingerprint density at radius 3 is 2.50 bits per heavy atom. The Morgan fingerprint density at radius 1 is 1.29 bits per heavy atom. The van der Waals surface area contributed by atoms with E-state index in [4.69, 9.17) is 5.73 Å². The van der Waals surface area contributed by atoms with Crippen molar-refractivity contribution in [1.29, 1.82) is 0 Å². The van der Waals surface area contributed by atoms with E-state index in [1.54, 1.807) is 21.0 Å². The highest BCUT2D eigenvalue weighted by Gasteiger charge is 2.32. The molecule has 0 saturated carbocycles. The minimum absolute atomic E-state index is 0. The molecule has 1 fully saturated rings. The number of nitrogens with zero attached hydrogens (tertiary/aromatic N) is 2. The summed E-state index contributed by atoms with van der Waals surface area (Å²) in [7, 11) is 3.35.